The molecule has 0 spiro atoms. The minimum absolute atomic E-state index is 0.00254. The maximum absolute atomic E-state index is 12.4. The lowest BCUT2D eigenvalue weighted by atomic mass is 10.1. The molecule has 6 nitrogen and oxygen atoms in total. The van der Waals surface area contributed by atoms with Crippen LogP contribution in [0.2, 0.25) is 0 Å². The highest BCUT2D eigenvalue weighted by atomic mass is 16.5. The van der Waals surface area contributed by atoms with Gasteiger partial charge in [-0.05, 0) is 62.2 Å². The fourth-order valence-electron chi connectivity index (χ4n) is 3.15. The minimum Gasteiger partial charge on any atom is -0.497 e. The Balaban J connectivity index is 1.91. The van der Waals surface area contributed by atoms with Gasteiger partial charge in [0.05, 0.1) is 7.11 Å². The summed E-state index contributed by atoms with van der Waals surface area (Å²) >= 11 is 0. The Kier molecular flexibility index (Phi) is 8.52. The molecule has 156 valence electrons. The van der Waals surface area contributed by atoms with Gasteiger partial charge in [0.15, 0.2) is 0 Å². The van der Waals surface area contributed by atoms with E-state index in [-0.39, 0.29) is 18.4 Å². The molecule has 0 aliphatic heterocycles. The number of anilines is 2. The molecule has 2 amide bonds. The maximum atomic E-state index is 12.4. The third kappa shape index (κ3) is 6.52. The summed E-state index contributed by atoms with van der Waals surface area (Å²) < 4.78 is 5.14. The summed E-state index contributed by atoms with van der Waals surface area (Å²) in [5.74, 6) is 0.467. The number of nitrogens with one attached hydrogen (secondary N) is 1. The van der Waals surface area contributed by atoms with E-state index in [2.05, 4.69) is 24.1 Å². The lowest BCUT2D eigenvalue weighted by Gasteiger charge is -2.24. The SMILES string of the molecule is CCN(CC)c1ccc(N(CC(=O)NCCc2ccc(OC)cc2)C(C)=O)cc1. The molecule has 0 unspecified atom stereocenters. The summed E-state index contributed by atoms with van der Waals surface area (Å²) in [6.45, 7) is 8.04. The molecule has 0 aliphatic carbocycles. The van der Waals surface area contributed by atoms with Crippen molar-refractivity contribution in [2.75, 3.05) is 43.1 Å². The highest BCUT2D eigenvalue weighted by Gasteiger charge is 2.16. The zero-order valence-electron chi connectivity index (χ0n) is 17.8. The average Bonchev–Trinajstić information content (AvgIpc) is 2.74. The monoisotopic (exact) mass is 397 g/mol. The molecule has 1 N–H and O–H groups in total. The normalized spacial score (nSPS) is 10.3. The second kappa shape index (κ2) is 11.1. The Hall–Kier alpha value is -3.02. The molecular weight excluding hydrogens is 366 g/mol. The molecule has 0 saturated carbocycles. The fourth-order valence-corrected chi connectivity index (χ4v) is 3.15. The van der Waals surface area contributed by atoms with Gasteiger partial charge in [0, 0.05) is 37.9 Å². The van der Waals surface area contributed by atoms with Crippen LogP contribution in [0.25, 0.3) is 0 Å². The van der Waals surface area contributed by atoms with E-state index < -0.39 is 0 Å². The predicted molar refractivity (Wildman–Crippen MR) is 118 cm³/mol. The fraction of sp³-hybridized carbons (Fsp3) is 0.391. The van der Waals surface area contributed by atoms with Crippen LogP contribution in [0.1, 0.15) is 26.3 Å². The molecule has 2 aromatic rings. The van der Waals surface area contributed by atoms with Crippen LogP contribution in [0, 0.1) is 0 Å². The van der Waals surface area contributed by atoms with Crippen LogP contribution >= 0.6 is 0 Å². The van der Waals surface area contributed by atoms with Gasteiger partial charge in [0.1, 0.15) is 12.3 Å². The molecule has 0 fully saturated rings. The number of nitrogens with zero attached hydrogens (tertiary/aromatic N) is 2. The van der Waals surface area contributed by atoms with Crippen molar-refractivity contribution in [2.45, 2.75) is 27.2 Å². The van der Waals surface area contributed by atoms with Crippen molar-refractivity contribution < 1.29 is 14.3 Å². The standard InChI is InChI=1S/C23H31N3O3/c1-5-25(6-2)20-9-11-21(12-10-20)26(18(3)27)17-23(28)24-16-15-19-7-13-22(29-4)14-8-19/h7-14H,5-6,15-17H2,1-4H3,(H,24,28). The molecule has 0 atom stereocenters. The van der Waals surface area contributed by atoms with Crippen molar-refractivity contribution >= 4 is 23.2 Å². The molecule has 0 bridgehead atoms. The van der Waals surface area contributed by atoms with Gasteiger partial charge in [-0.1, -0.05) is 12.1 Å². The molecule has 0 aromatic heterocycles. The van der Waals surface area contributed by atoms with Crippen molar-refractivity contribution in [2.24, 2.45) is 0 Å². The topological polar surface area (TPSA) is 61.9 Å². The minimum atomic E-state index is -0.179. The first-order valence-corrected chi connectivity index (χ1v) is 10.0. The van der Waals surface area contributed by atoms with Gasteiger partial charge < -0.3 is 19.9 Å². The molecule has 29 heavy (non-hydrogen) atoms. The molecule has 0 heterocycles. The molecule has 2 aromatic carbocycles. The van der Waals surface area contributed by atoms with E-state index in [1.54, 1.807) is 7.11 Å². The highest BCUT2D eigenvalue weighted by molar-refractivity contribution is 5.97. The average molecular weight is 398 g/mol. The molecular formula is C23H31N3O3. The second-order valence-corrected chi connectivity index (χ2v) is 6.74. The van der Waals surface area contributed by atoms with E-state index in [4.69, 9.17) is 4.74 Å². The zero-order valence-corrected chi connectivity index (χ0v) is 17.8. The summed E-state index contributed by atoms with van der Waals surface area (Å²) in [5, 5.41) is 2.89. The number of hydrogen-bond acceptors (Lipinski definition) is 4. The number of carbonyl (C=O) groups is 2. The number of rotatable bonds is 10. The van der Waals surface area contributed by atoms with Gasteiger partial charge in [-0.25, -0.2) is 0 Å². The van der Waals surface area contributed by atoms with Crippen molar-refractivity contribution in [1.29, 1.82) is 0 Å². The molecule has 0 aliphatic rings. The molecule has 0 saturated heterocycles. The molecule has 2 rings (SSSR count). The predicted octanol–water partition coefficient (Wildman–Crippen LogP) is 3.25. The van der Waals surface area contributed by atoms with Gasteiger partial charge in [-0.15, -0.1) is 0 Å². The van der Waals surface area contributed by atoms with Crippen LogP contribution in [-0.4, -0.2) is 45.1 Å². The van der Waals surface area contributed by atoms with E-state index in [0.717, 1.165) is 35.8 Å². The third-order valence-corrected chi connectivity index (χ3v) is 4.87. The van der Waals surface area contributed by atoms with Crippen LogP contribution < -0.4 is 19.9 Å². The Bertz CT molecular complexity index is 784. The third-order valence-electron chi connectivity index (χ3n) is 4.87. The van der Waals surface area contributed by atoms with E-state index in [9.17, 15) is 9.59 Å². The van der Waals surface area contributed by atoms with E-state index >= 15 is 0 Å². The van der Waals surface area contributed by atoms with Gasteiger partial charge >= 0.3 is 0 Å². The Morgan fingerprint density at radius 2 is 1.52 bits per heavy atom. The van der Waals surface area contributed by atoms with Crippen LogP contribution in [0.4, 0.5) is 11.4 Å². The molecule has 0 radical (unpaired) electrons. The lowest BCUT2D eigenvalue weighted by molar-refractivity contribution is -0.123. The number of hydrogen-bond donors (Lipinski definition) is 1. The van der Waals surface area contributed by atoms with Gasteiger partial charge in [0.25, 0.3) is 0 Å². The van der Waals surface area contributed by atoms with Crippen LogP contribution in [0.15, 0.2) is 48.5 Å². The smallest absolute Gasteiger partial charge is 0.240 e. The number of benzene rings is 2. The van der Waals surface area contributed by atoms with Gasteiger partial charge in [-0.3, -0.25) is 9.59 Å². The van der Waals surface area contributed by atoms with E-state index in [1.165, 1.54) is 11.8 Å². The Morgan fingerprint density at radius 1 is 0.931 bits per heavy atom. The highest BCUT2D eigenvalue weighted by Crippen LogP contribution is 2.21. The number of methoxy groups -OCH3 is 1. The number of amides is 2. The lowest BCUT2D eigenvalue weighted by Crippen LogP contribution is -2.40. The van der Waals surface area contributed by atoms with E-state index in [0.29, 0.717) is 13.0 Å². The zero-order chi connectivity index (χ0) is 21.2. The summed E-state index contributed by atoms with van der Waals surface area (Å²) in [4.78, 5) is 28.2. The Morgan fingerprint density at radius 3 is 2.03 bits per heavy atom. The van der Waals surface area contributed by atoms with Gasteiger partial charge in [0.2, 0.25) is 11.8 Å². The summed E-state index contributed by atoms with van der Waals surface area (Å²) in [6, 6.07) is 15.5. The summed E-state index contributed by atoms with van der Waals surface area (Å²) in [7, 11) is 1.63. The largest absolute Gasteiger partial charge is 0.497 e. The van der Waals surface area contributed by atoms with Gasteiger partial charge in [-0.2, -0.15) is 0 Å². The Labute approximate surface area is 173 Å². The first-order chi connectivity index (χ1) is 14.0. The van der Waals surface area contributed by atoms with Crippen molar-refractivity contribution in [3.63, 3.8) is 0 Å². The van der Waals surface area contributed by atoms with Crippen LogP contribution in [-0.2, 0) is 16.0 Å². The van der Waals surface area contributed by atoms with Crippen LogP contribution in [0.5, 0.6) is 5.75 Å². The van der Waals surface area contributed by atoms with Crippen molar-refractivity contribution in [3.05, 3.63) is 54.1 Å². The summed E-state index contributed by atoms with van der Waals surface area (Å²) in [5.41, 5.74) is 2.94. The summed E-state index contributed by atoms with van der Waals surface area (Å²) in [6.07, 6.45) is 0.717. The first-order valence-electron chi connectivity index (χ1n) is 10.0. The number of carbonyl (C=O) groups excluding carboxylic acids is 2. The van der Waals surface area contributed by atoms with E-state index in [1.807, 2.05) is 48.5 Å². The number of ether oxygens (including phenoxy) is 1. The molecule has 6 heteroatoms. The first kappa shape index (κ1) is 22.3. The second-order valence-electron chi connectivity index (χ2n) is 6.74. The quantitative estimate of drug-likeness (QED) is 0.669. The van der Waals surface area contributed by atoms with Crippen molar-refractivity contribution in [3.8, 4) is 5.75 Å². The maximum Gasteiger partial charge on any atom is 0.240 e. The van der Waals surface area contributed by atoms with Crippen LogP contribution in [0.3, 0.4) is 0 Å². The van der Waals surface area contributed by atoms with Crippen molar-refractivity contribution in [1.82, 2.24) is 5.32 Å².